The Bertz CT molecular complexity index is 627. The number of nitrogens with one attached hydrogen (secondary N) is 1. The van der Waals surface area contributed by atoms with Crippen LogP contribution >= 0.6 is 15.9 Å². The van der Waals surface area contributed by atoms with Crippen molar-refractivity contribution in [3.05, 3.63) is 40.1 Å². The number of hydrogen-bond donors (Lipinski definition) is 1. The predicted octanol–water partition coefficient (Wildman–Crippen LogP) is 4.86. The van der Waals surface area contributed by atoms with Gasteiger partial charge in [0.2, 0.25) is 5.95 Å². The van der Waals surface area contributed by atoms with Crippen molar-refractivity contribution in [3.8, 4) is 5.69 Å². The zero-order valence-corrected chi connectivity index (χ0v) is 14.3. The molecule has 4 heteroatoms. The molecule has 1 aliphatic rings. The highest BCUT2D eigenvalue weighted by Gasteiger charge is 2.18. The van der Waals surface area contributed by atoms with Gasteiger partial charge in [0.15, 0.2) is 0 Å². The van der Waals surface area contributed by atoms with Gasteiger partial charge >= 0.3 is 0 Å². The number of benzene rings is 1. The fourth-order valence-electron chi connectivity index (χ4n) is 3.11. The molecule has 0 aliphatic heterocycles. The Hall–Kier alpha value is -1.29. The highest BCUT2D eigenvalue weighted by atomic mass is 79.9. The molecule has 1 aliphatic carbocycles. The molecule has 3 nitrogen and oxygen atoms in total. The van der Waals surface area contributed by atoms with Crippen LogP contribution < -0.4 is 5.32 Å². The number of hydrogen-bond acceptors (Lipinski definition) is 2. The normalized spacial score (nSPS) is 15.6. The molecule has 21 heavy (non-hydrogen) atoms. The van der Waals surface area contributed by atoms with E-state index in [1.54, 1.807) is 0 Å². The minimum Gasteiger partial charge on any atom is -0.353 e. The number of aromatic nitrogens is 2. The van der Waals surface area contributed by atoms with Gasteiger partial charge in [-0.15, -0.1) is 0 Å². The quantitative estimate of drug-likeness (QED) is 0.855. The molecule has 1 heterocycles. The standard InChI is InChI=1S/C17H22BrN3/c1-3-13-10-14(18)8-9-16(13)21-11-12(2)19-17(21)20-15-6-4-5-7-15/h8-11,15H,3-7H2,1-2H3,(H,19,20). The molecule has 0 atom stereocenters. The Kier molecular flexibility index (Phi) is 4.34. The number of aryl methyl sites for hydroxylation is 2. The van der Waals surface area contributed by atoms with Crippen LogP contribution in [-0.2, 0) is 6.42 Å². The van der Waals surface area contributed by atoms with Gasteiger partial charge in [0.25, 0.3) is 0 Å². The van der Waals surface area contributed by atoms with Crippen LogP contribution in [0.15, 0.2) is 28.9 Å². The topological polar surface area (TPSA) is 29.9 Å². The molecule has 1 fully saturated rings. The molecule has 1 aromatic heterocycles. The first kappa shape index (κ1) is 14.6. The molecule has 1 saturated carbocycles. The first-order valence-corrected chi connectivity index (χ1v) is 8.58. The van der Waals surface area contributed by atoms with Crippen LogP contribution in [0.4, 0.5) is 5.95 Å². The molecule has 3 rings (SSSR count). The molecule has 112 valence electrons. The molecule has 2 aromatic rings. The second-order valence-electron chi connectivity index (χ2n) is 5.83. The van der Waals surface area contributed by atoms with Crippen molar-refractivity contribution >= 4 is 21.9 Å². The largest absolute Gasteiger partial charge is 0.353 e. The smallest absolute Gasteiger partial charge is 0.207 e. The van der Waals surface area contributed by atoms with Crippen LogP contribution in [0, 0.1) is 6.92 Å². The minimum absolute atomic E-state index is 0.575. The lowest BCUT2D eigenvalue weighted by atomic mass is 10.1. The molecule has 0 bridgehead atoms. The van der Waals surface area contributed by atoms with Crippen molar-refractivity contribution in [1.82, 2.24) is 9.55 Å². The lowest BCUT2D eigenvalue weighted by molar-refractivity contribution is 0.740. The summed E-state index contributed by atoms with van der Waals surface area (Å²) in [5, 5.41) is 3.63. The van der Waals surface area contributed by atoms with Crippen LogP contribution in [0.25, 0.3) is 5.69 Å². The van der Waals surface area contributed by atoms with E-state index in [1.165, 1.54) is 36.9 Å². The molecule has 1 N–H and O–H groups in total. The van der Waals surface area contributed by atoms with Gasteiger partial charge in [-0.1, -0.05) is 35.7 Å². The van der Waals surface area contributed by atoms with Crippen LogP contribution in [-0.4, -0.2) is 15.6 Å². The van der Waals surface area contributed by atoms with Gasteiger partial charge in [-0.25, -0.2) is 4.98 Å². The summed E-state index contributed by atoms with van der Waals surface area (Å²) >= 11 is 3.56. The Morgan fingerprint density at radius 2 is 2.10 bits per heavy atom. The third-order valence-electron chi connectivity index (χ3n) is 4.20. The molecule has 0 radical (unpaired) electrons. The van der Waals surface area contributed by atoms with Crippen LogP contribution in [0.2, 0.25) is 0 Å². The molecular formula is C17H22BrN3. The number of halogens is 1. The average Bonchev–Trinajstić information content (AvgIpc) is 3.09. The average molecular weight is 348 g/mol. The summed E-state index contributed by atoms with van der Waals surface area (Å²) in [5.74, 6) is 0.983. The number of imidazole rings is 1. The van der Waals surface area contributed by atoms with Gasteiger partial charge in [0, 0.05) is 16.7 Å². The maximum absolute atomic E-state index is 4.69. The van der Waals surface area contributed by atoms with E-state index in [9.17, 15) is 0 Å². The summed E-state index contributed by atoms with van der Waals surface area (Å²) in [6, 6.07) is 7.04. The molecule has 0 unspecified atom stereocenters. The first-order valence-electron chi connectivity index (χ1n) is 7.78. The summed E-state index contributed by atoms with van der Waals surface area (Å²) in [6.07, 6.45) is 8.31. The Balaban J connectivity index is 1.97. The molecule has 0 saturated heterocycles. The van der Waals surface area contributed by atoms with Gasteiger partial charge in [-0.2, -0.15) is 0 Å². The van der Waals surface area contributed by atoms with Crippen molar-refractivity contribution in [2.75, 3.05) is 5.32 Å². The number of anilines is 1. The van der Waals surface area contributed by atoms with E-state index in [0.717, 1.165) is 22.5 Å². The fourth-order valence-corrected chi connectivity index (χ4v) is 3.52. The van der Waals surface area contributed by atoms with Gasteiger partial charge in [0.05, 0.1) is 11.4 Å². The highest BCUT2D eigenvalue weighted by molar-refractivity contribution is 9.10. The van der Waals surface area contributed by atoms with Crippen LogP contribution in [0.1, 0.15) is 43.9 Å². The SMILES string of the molecule is CCc1cc(Br)ccc1-n1cc(C)nc1NC1CCCC1. The maximum Gasteiger partial charge on any atom is 0.207 e. The van der Waals surface area contributed by atoms with Crippen molar-refractivity contribution in [2.24, 2.45) is 0 Å². The summed E-state index contributed by atoms with van der Waals surface area (Å²) in [7, 11) is 0. The Morgan fingerprint density at radius 1 is 1.33 bits per heavy atom. The van der Waals surface area contributed by atoms with E-state index < -0.39 is 0 Å². The van der Waals surface area contributed by atoms with Crippen molar-refractivity contribution in [3.63, 3.8) is 0 Å². The van der Waals surface area contributed by atoms with Crippen LogP contribution in [0.3, 0.4) is 0 Å². The lowest BCUT2D eigenvalue weighted by Crippen LogP contribution is -2.18. The zero-order valence-electron chi connectivity index (χ0n) is 12.7. The third kappa shape index (κ3) is 3.15. The predicted molar refractivity (Wildman–Crippen MR) is 91.3 cm³/mol. The lowest BCUT2D eigenvalue weighted by Gasteiger charge is -2.16. The van der Waals surface area contributed by atoms with E-state index in [2.05, 4.69) is 69.0 Å². The second kappa shape index (κ2) is 6.22. The number of rotatable bonds is 4. The van der Waals surface area contributed by atoms with Gasteiger partial charge in [0.1, 0.15) is 0 Å². The first-order chi connectivity index (χ1) is 10.2. The molecular weight excluding hydrogens is 326 g/mol. The van der Waals surface area contributed by atoms with Gasteiger partial charge < -0.3 is 5.32 Å². The third-order valence-corrected chi connectivity index (χ3v) is 4.69. The molecule has 0 spiro atoms. The van der Waals surface area contributed by atoms with E-state index in [-0.39, 0.29) is 0 Å². The van der Waals surface area contributed by atoms with Crippen molar-refractivity contribution < 1.29 is 0 Å². The summed E-state index contributed by atoms with van der Waals surface area (Å²) in [4.78, 5) is 4.69. The Morgan fingerprint density at radius 3 is 2.81 bits per heavy atom. The molecule has 1 aromatic carbocycles. The van der Waals surface area contributed by atoms with E-state index in [0.29, 0.717) is 6.04 Å². The van der Waals surface area contributed by atoms with E-state index in [1.807, 2.05) is 0 Å². The van der Waals surface area contributed by atoms with Gasteiger partial charge in [-0.05, 0) is 49.9 Å². The zero-order chi connectivity index (χ0) is 14.8. The summed E-state index contributed by atoms with van der Waals surface area (Å²) in [6.45, 7) is 4.25. The van der Waals surface area contributed by atoms with E-state index in [4.69, 9.17) is 0 Å². The summed E-state index contributed by atoms with van der Waals surface area (Å²) in [5.41, 5.74) is 3.61. The highest BCUT2D eigenvalue weighted by Crippen LogP contribution is 2.27. The summed E-state index contributed by atoms with van der Waals surface area (Å²) < 4.78 is 3.34. The Labute approximate surface area is 134 Å². The van der Waals surface area contributed by atoms with Crippen LogP contribution in [0.5, 0.6) is 0 Å². The van der Waals surface area contributed by atoms with Crippen molar-refractivity contribution in [2.45, 2.75) is 52.0 Å². The molecule has 0 amide bonds. The minimum atomic E-state index is 0.575. The number of nitrogens with zero attached hydrogens (tertiary/aromatic N) is 2. The maximum atomic E-state index is 4.69. The van der Waals surface area contributed by atoms with Gasteiger partial charge in [-0.3, -0.25) is 4.57 Å². The second-order valence-corrected chi connectivity index (χ2v) is 6.74. The fraction of sp³-hybridized carbons (Fsp3) is 0.471. The van der Waals surface area contributed by atoms with Crippen molar-refractivity contribution in [1.29, 1.82) is 0 Å². The monoisotopic (exact) mass is 347 g/mol. The van der Waals surface area contributed by atoms with E-state index >= 15 is 0 Å².